The van der Waals surface area contributed by atoms with E-state index in [0.29, 0.717) is 11.4 Å². The van der Waals surface area contributed by atoms with Crippen LogP contribution in [0, 0.1) is 39.0 Å². The first-order valence-electron chi connectivity index (χ1n) is 9.83. The van der Waals surface area contributed by atoms with E-state index in [0.717, 1.165) is 39.4 Å². The van der Waals surface area contributed by atoms with Crippen molar-refractivity contribution in [2.24, 2.45) is 0 Å². The maximum absolute atomic E-state index is 9.82. The monoisotopic (exact) mass is 396 g/mol. The van der Waals surface area contributed by atoms with Crippen molar-refractivity contribution in [1.82, 2.24) is 14.5 Å². The lowest BCUT2D eigenvalue weighted by molar-refractivity contribution is 0.415. The van der Waals surface area contributed by atoms with E-state index in [9.17, 15) is 5.26 Å². The van der Waals surface area contributed by atoms with Gasteiger partial charge < -0.3 is 14.3 Å². The van der Waals surface area contributed by atoms with Gasteiger partial charge in [0.15, 0.2) is 0 Å². The molecule has 2 aromatic heterocycles. The number of nitrogens with one attached hydrogen (secondary N) is 1. The third kappa shape index (κ3) is 3.37. The van der Waals surface area contributed by atoms with E-state index in [4.69, 9.17) is 4.74 Å². The van der Waals surface area contributed by atoms with Crippen LogP contribution >= 0.6 is 0 Å². The highest BCUT2D eigenvalue weighted by Gasteiger charge is 2.14. The number of imidazole rings is 1. The molecule has 0 amide bonds. The van der Waals surface area contributed by atoms with Crippen molar-refractivity contribution in [3.05, 3.63) is 76.4 Å². The second-order valence-electron chi connectivity index (χ2n) is 7.59. The van der Waals surface area contributed by atoms with Crippen molar-refractivity contribution in [2.75, 3.05) is 7.11 Å². The zero-order chi connectivity index (χ0) is 21.4. The van der Waals surface area contributed by atoms with Crippen LogP contribution in [0.5, 0.6) is 5.75 Å². The number of hydrogen-bond acceptors (Lipinski definition) is 3. The number of ether oxygens (including phenoxy) is 1. The standard InChI is InChI=1S/C25H24N4O/c1-15-6-9-24(16(2)10-15)29-17(3)11-19(18(29)4)12-20(14-26)25-27-22-8-7-21(30-5)13-23(22)28-25/h6-13H,1-5H3,(H,27,28)/b20-12-. The number of benzene rings is 2. The molecule has 0 aliphatic heterocycles. The van der Waals surface area contributed by atoms with Gasteiger partial charge in [-0.25, -0.2) is 4.98 Å². The molecule has 0 radical (unpaired) electrons. The van der Waals surface area contributed by atoms with E-state index in [1.54, 1.807) is 7.11 Å². The summed E-state index contributed by atoms with van der Waals surface area (Å²) in [5.74, 6) is 1.30. The van der Waals surface area contributed by atoms with Gasteiger partial charge in [-0.3, -0.25) is 0 Å². The van der Waals surface area contributed by atoms with Crippen molar-refractivity contribution >= 4 is 22.7 Å². The van der Waals surface area contributed by atoms with Gasteiger partial charge in [0, 0.05) is 23.1 Å². The van der Waals surface area contributed by atoms with Crippen molar-refractivity contribution in [3.8, 4) is 17.5 Å². The lowest BCUT2D eigenvalue weighted by Crippen LogP contribution is -2.01. The first kappa shape index (κ1) is 19.5. The van der Waals surface area contributed by atoms with Gasteiger partial charge in [-0.15, -0.1) is 0 Å². The van der Waals surface area contributed by atoms with Crippen molar-refractivity contribution in [3.63, 3.8) is 0 Å². The highest BCUT2D eigenvalue weighted by atomic mass is 16.5. The molecule has 2 aromatic carbocycles. The van der Waals surface area contributed by atoms with Gasteiger partial charge in [0.05, 0.1) is 23.7 Å². The van der Waals surface area contributed by atoms with Gasteiger partial charge in [0.2, 0.25) is 0 Å². The summed E-state index contributed by atoms with van der Waals surface area (Å²) in [6, 6.07) is 16.5. The summed E-state index contributed by atoms with van der Waals surface area (Å²) in [6.45, 7) is 8.39. The van der Waals surface area contributed by atoms with Crippen LogP contribution in [0.2, 0.25) is 0 Å². The molecule has 0 aliphatic rings. The van der Waals surface area contributed by atoms with Crippen LogP contribution in [0.4, 0.5) is 0 Å². The fourth-order valence-electron chi connectivity index (χ4n) is 3.91. The molecule has 0 spiro atoms. The Labute approximate surface area is 176 Å². The topological polar surface area (TPSA) is 66.6 Å². The normalized spacial score (nSPS) is 11.7. The molecule has 0 unspecified atom stereocenters. The Morgan fingerprint density at radius 3 is 2.60 bits per heavy atom. The Bertz CT molecular complexity index is 1330. The summed E-state index contributed by atoms with van der Waals surface area (Å²) in [6.07, 6.45) is 1.90. The zero-order valence-electron chi connectivity index (χ0n) is 17.9. The summed E-state index contributed by atoms with van der Waals surface area (Å²) in [7, 11) is 1.63. The van der Waals surface area contributed by atoms with Gasteiger partial charge in [0.25, 0.3) is 0 Å². The quantitative estimate of drug-likeness (QED) is 0.453. The Hall–Kier alpha value is -3.78. The molecule has 2 heterocycles. The van der Waals surface area contributed by atoms with Crippen LogP contribution in [0.3, 0.4) is 0 Å². The number of fused-ring (bicyclic) bond motifs is 1. The third-order valence-corrected chi connectivity index (χ3v) is 5.43. The number of methoxy groups -OCH3 is 1. The molecule has 0 bridgehead atoms. The Balaban J connectivity index is 1.79. The van der Waals surface area contributed by atoms with Crippen LogP contribution in [0.1, 0.15) is 33.9 Å². The second-order valence-corrected chi connectivity index (χ2v) is 7.59. The van der Waals surface area contributed by atoms with Gasteiger partial charge in [-0.1, -0.05) is 17.7 Å². The van der Waals surface area contributed by atoms with E-state index in [2.05, 4.69) is 72.6 Å². The summed E-state index contributed by atoms with van der Waals surface area (Å²) in [5.41, 5.74) is 8.96. The maximum Gasteiger partial charge on any atom is 0.149 e. The molecule has 1 N–H and O–H groups in total. The minimum absolute atomic E-state index is 0.492. The van der Waals surface area contributed by atoms with Crippen molar-refractivity contribution < 1.29 is 4.74 Å². The van der Waals surface area contributed by atoms with Crippen LogP contribution in [-0.4, -0.2) is 21.6 Å². The van der Waals surface area contributed by atoms with Crippen molar-refractivity contribution in [1.29, 1.82) is 5.26 Å². The minimum Gasteiger partial charge on any atom is -0.497 e. The summed E-state index contributed by atoms with van der Waals surface area (Å²) in [5, 5.41) is 9.82. The van der Waals surface area contributed by atoms with Crippen LogP contribution in [-0.2, 0) is 0 Å². The molecule has 0 saturated heterocycles. The summed E-state index contributed by atoms with van der Waals surface area (Å²) >= 11 is 0. The number of rotatable bonds is 4. The third-order valence-electron chi connectivity index (χ3n) is 5.43. The minimum atomic E-state index is 0.492. The lowest BCUT2D eigenvalue weighted by Gasteiger charge is -2.13. The zero-order valence-corrected chi connectivity index (χ0v) is 17.9. The predicted octanol–water partition coefficient (Wildman–Crippen LogP) is 5.66. The van der Waals surface area contributed by atoms with Gasteiger partial charge in [-0.2, -0.15) is 5.26 Å². The molecule has 5 heteroatoms. The molecular weight excluding hydrogens is 372 g/mol. The predicted molar refractivity (Wildman–Crippen MR) is 121 cm³/mol. The highest BCUT2D eigenvalue weighted by molar-refractivity contribution is 5.91. The first-order valence-corrected chi connectivity index (χ1v) is 9.83. The van der Waals surface area contributed by atoms with E-state index in [-0.39, 0.29) is 0 Å². The maximum atomic E-state index is 9.82. The molecule has 0 atom stereocenters. The lowest BCUT2D eigenvalue weighted by atomic mass is 10.1. The fourth-order valence-corrected chi connectivity index (χ4v) is 3.91. The molecule has 30 heavy (non-hydrogen) atoms. The molecule has 4 aromatic rings. The van der Waals surface area contributed by atoms with Crippen LogP contribution in [0.15, 0.2) is 42.5 Å². The SMILES string of the molecule is COc1ccc2nc(/C(C#N)=C\c3cc(C)n(-c4ccc(C)cc4C)c3C)[nH]c2c1. The van der Waals surface area contributed by atoms with E-state index in [1.807, 2.05) is 24.3 Å². The fraction of sp³-hybridized carbons (Fsp3) is 0.200. The highest BCUT2D eigenvalue weighted by Crippen LogP contribution is 2.28. The van der Waals surface area contributed by atoms with Crippen LogP contribution < -0.4 is 4.74 Å². The average Bonchev–Trinajstić information content (AvgIpc) is 3.26. The summed E-state index contributed by atoms with van der Waals surface area (Å²) in [4.78, 5) is 7.83. The van der Waals surface area contributed by atoms with Gasteiger partial charge >= 0.3 is 0 Å². The second kappa shape index (κ2) is 7.57. The first-order chi connectivity index (χ1) is 14.4. The molecule has 4 rings (SSSR count). The van der Waals surface area contributed by atoms with E-state index < -0.39 is 0 Å². The number of aryl methyl sites for hydroxylation is 3. The molecule has 150 valence electrons. The molecule has 0 saturated carbocycles. The van der Waals surface area contributed by atoms with Crippen molar-refractivity contribution in [2.45, 2.75) is 27.7 Å². The number of aromatic amines is 1. The van der Waals surface area contributed by atoms with E-state index >= 15 is 0 Å². The van der Waals surface area contributed by atoms with E-state index in [1.165, 1.54) is 11.1 Å². The largest absolute Gasteiger partial charge is 0.497 e. The van der Waals surface area contributed by atoms with Gasteiger partial charge in [0.1, 0.15) is 17.6 Å². The summed E-state index contributed by atoms with van der Waals surface area (Å²) < 4.78 is 7.51. The smallest absolute Gasteiger partial charge is 0.149 e. The number of hydrogen-bond donors (Lipinski definition) is 1. The Morgan fingerprint density at radius 1 is 1.10 bits per heavy atom. The van der Waals surface area contributed by atoms with Gasteiger partial charge in [-0.05, 0) is 69.2 Å². The number of H-pyrrole nitrogens is 1. The number of nitrogens with zero attached hydrogens (tertiary/aromatic N) is 3. The molecule has 0 fully saturated rings. The molecular formula is C25H24N4O. The molecule has 5 nitrogen and oxygen atoms in total. The molecule has 0 aliphatic carbocycles. The van der Waals surface area contributed by atoms with Crippen LogP contribution in [0.25, 0.3) is 28.4 Å². The number of aromatic nitrogens is 3. The number of allylic oxidation sites excluding steroid dienone is 1. The average molecular weight is 396 g/mol. The Morgan fingerprint density at radius 2 is 1.90 bits per heavy atom. The number of nitriles is 1. The Kier molecular flexibility index (Phi) is 4.93.